The first kappa shape index (κ1) is 17.9. The van der Waals surface area contributed by atoms with Crippen molar-refractivity contribution in [2.24, 2.45) is 0 Å². The number of imidazole rings is 1. The molecule has 0 amide bonds. The van der Waals surface area contributed by atoms with E-state index in [0.29, 0.717) is 17.5 Å². The van der Waals surface area contributed by atoms with Gasteiger partial charge in [-0.25, -0.2) is 4.98 Å². The highest BCUT2D eigenvalue weighted by atomic mass is 16.1. The van der Waals surface area contributed by atoms with Crippen molar-refractivity contribution < 1.29 is 0 Å². The zero-order valence-corrected chi connectivity index (χ0v) is 16.5. The van der Waals surface area contributed by atoms with Crippen LogP contribution in [-0.4, -0.2) is 31.9 Å². The topological polar surface area (TPSA) is 53.4 Å². The summed E-state index contributed by atoms with van der Waals surface area (Å²) in [5.74, 6) is 1.11. The van der Waals surface area contributed by atoms with Gasteiger partial charge < -0.3 is 4.98 Å². The van der Waals surface area contributed by atoms with Crippen LogP contribution in [0.25, 0.3) is 16.9 Å². The predicted molar refractivity (Wildman–Crippen MR) is 115 cm³/mol. The van der Waals surface area contributed by atoms with E-state index in [2.05, 4.69) is 58.3 Å². The normalized spacial score (nSPS) is 19.8. The number of benzene rings is 2. The van der Waals surface area contributed by atoms with Gasteiger partial charge in [-0.1, -0.05) is 60.7 Å². The van der Waals surface area contributed by atoms with E-state index in [-0.39, 0.29) is 5.56 Å². The minimum atomic E-state index is -0.0775. The number of nitrogens with zero attached hydrogens (tertiary/aromatic N) is 3. The van der Waals surface area contributed by atoms with E-state index in [1.807, 2.05) is 34.7 Å². The molecule has 5 rings (SSSR count). The SMILES string of the molecule is CC1CC(c2cn3c(-c4ccccc4)ncc3c(=O)[nH]2)CN1Cc1ccccc1. The first-order chi connectivity index (χ1) is 14.2. The number of rotatable bonds is 4. The molecule has 146 valence electrons. The molecule has 0 saturated carbocycles. The second-order valence-corrected chi connectivity index (χ2v) is 7.94. The van der Waals surface area contributed by atoms with Crippen LogP contribution in [0.1, 0.15) is 30.5 Å². The minimum absolute atomic E-state index is 0.0775. The van der Waals surface area contributed by atoms with Crippen LogP contribution in [0.4, 0.5) is 0 Å². The number of nitrogens with one attached hydrogen (secondary N) is 1. The molecule has 0 radical (unpaired) electrons. The van der Waals surface area contributed by atoms with Crippen molar-refractivity contribution >= 4 is 5.52 Å². The summed E-state index contributed by atoms with van der Waals surface area (Å²) in [6.07, 6.45) is 4.75. The number of hydrogen-bond donors (Lipinski definition) is 1. The molecule has 1 aliphatic rings. The van der Waals surface area contributed by atoms with Gasteiger partial charge >= 0.3 is 0 Å². The van der Waals surface area contributed by atoms with Gasteiger partial charge in [0.05, 0.1) is 6.20 Å². The van der Waals surface area contributed by atoms with Crippen LogP contribution in [0, 0.1) is 0 Å². The number of hydrogen-bond acceptors (Lipinski definition) is 3. The third-order valence-electron chi connectivity index (χ3n) is 5.96. The first-order valence-corrected chi connectivity index (χ1v) is 10.1. The third-order valence-corrected chi connectivity index (χ3v) is 5.96. The third kappa shape index (κ3) is 3.38. The molecule has 5 nitrogen and oxygen atoms in total. The maximum Gasteiger partial charge on any atom is 0.274 e. The Kier molecular flexibility index (Phi) is 4.52. The summed E-state index contributed by atoms with van der Waals surface area (Å²) in [6.45, 7) is 4.14. The monoisotopic (exact) mass is 384 g/mol. The Balaban J connectivity index is 1.47. The molecule has 1 saturated heterocycles. The van der Waals surface area contributed by atoms with Gasteiger partial charge in [0.2, 0.25) is 0 Å². The number of aromatic nitrogens is 3. The lowest BCUT2D eigenvalue weighted by Gasteiger charge is -2.21. The molecule has 4 aromatic rings. The molecule has 1 aliphatic heterocycles. The van der Waals surface area contributed by atoms with E-state index >= 15 is 0 Å². The van der Waals surface area contributed by atoms with Crippen molar-refractivity contribution in [3.8, 4) is 11.4 Å². The maximum absolute atomic E-state index is 12.7. The summed E-state index contributed by atoms with van der Waals surface area (Å²) in [5.41, 5.74) is 3.82. The second-order valence-electron chi connectivity index (χ2n) is 7.94. The van der Waals surface area contributed by atoms with E-state index in [1.165, 1.54) is 5.56 Å². The van der Waals surface area contributed by atoms with Crippen molar-refractivity contribution in [1.82, 2.24) is 19.3 Å². The first-order valence-electron chi connectivity index (χ1n) is 10.1. The zero-order valence-electron chi connectivity index (χ0n) is 16.5. The molecule has 2 aromatic carbocycles. The van der Waals surface area contributed by atoms with Gasteiger partial charge in [-0.05, 0) is 18.9 Å². The molecule has 0 spiro atoms. The number of aromatic amines is 1. The summed E-state index contributed by atoms with van der Waals surface area (Å²) in [4.78, 5) is 22.9. The van der Waals surface area contributed by atoms with Crippen molar-refractivity contribution in [3.63, 3.8) is 0 Å². The summed E-state index contributed by atoms with van der Waals surface area (Å²) in [6, 6.07) is 21.0. The Morgan fingerprint density at radius 3 is 2.55 bits per heavy atom. The smallest absolute Gasteiger partial charge is 0.274 e. The maximum atomic E-state index is 12.7. The van der Waals surface area contributed by atoms with Crippen LogP contribution in [0.2, 0.25) is 0 Å². The van der Waals surface area contributed by atoms with Crippen molar-refractivity contribution in [3.05, 3.63) is 94.7 Å². The molecule has 2 unspecified atom stereocenters. The molecule has 2 aromatic heterocycles. The molecule has 1 N–H and O–H groups in total. The Labute approximate surface area is 169 Å². The molecule has 2 atom stereocenters. The fraction of sp³-hybridized carbons (Fsp3) is 0.250. The summed E-state index contributed by atoms with van der Waals surface area (Å²) < 4.78 is 1.94. The Morgan fingerprint density at radius 1 is 1.07 bits per heavy atom. The van der Waals surface area contributed by atoms with Crippen molar-refractivity contribution in [1.29, 1.82) is 0 Å². The van der Waals surface area contributed by atoms with Gasteiger partial charge in [0.25, 0.3) is 5.56 Å². The molecule has 3 heterocycles. The van der Waals surface area contributed by atoms with E-state index < -0.39 is 0 Å². The quantitative estimate of drug-likeness (QED) is 0.577. The average Bonchev–Trinajstić information content (AvgIpc) is 3.34. The molecular weight excluding hydrogens is 360 g/mol. The van der Waals surface area contributed by atoms with Crippen molar-refractivity contribution in [2.75, 3.05) is 6.54 Å². The van der Waals surface area contributed by atoms with Gasteiger partial charge in [0.1, 0.15) is 11.3 Å². The fourth-order valence-corrected chi connectivity index (χ4v) is 4.40. The standard InChI is InChI=1S/C24H24N4O/c1-17-12-20(15-27(17)14-18-8-4-2-5-9-18)21-16-28-22(24(29)26-21)13-25-23(28)19-10-6-3-7-11-19/h2-11,13,16-17,20H,12,14-15H2,1H3,(H,26,29). The van der Waals surface area contributed by atoms with Gasteiger partial charge in [-0.3, -0.25) is 14.1 Å². The molecule has 5 heteroatoms. The Morgan fingerprint density at radius 2 is 1.79 bits per heavy atom. The highest BCUT2D eigenvalue weighted by Crippen LogP contribution is 2.32. The Hall–Kier alpha value is -3.18. The van der Waals surface area contributed by atoms with E-state index in [0.717, 1.165) is 36.6 Å². The Bertz CT molecular complexity index is 1180. The van der Waals surface area contributed by atoms with Crippen LogP contribution < -0.4 is 5.56 Å². The van der Waals surface area contributed by atoms with Crippen molar-refractivity contribution in [2.45, 2.75) is 31.8 Å². The van der Waals surface area contributed by atoms with Crippen LogP contribution in [0.5, 0.6) is 0 Å². The molecule has 1 fully saturated rings. The molecule has 0 aliphatic carbocycles. The molecular formula is C24H24N4O. The van der Waals surface area contributed by atoms with Crippen LogP contribution in [-0.2, 0) is 6.54 Å². The van der Waals surface area contributed by atoms with E-state index in [4.69, 9.17) is 0 Å². The summed E-state index contributed by atoms with van der Waals surface area (Å²) >= 11 is 0. The fourth-order valence-electron chi connectivity index (χ4n) is 4.40. The van der Waals surface area contributed by atoms with E-state index in [9.17, 15) is 4.79 Å². The molecule has 29 heavy (non-hydrogen) atoms. The zero-order chi connectivity index (χ0) is 19.8. The largest absolute Gasteiger partial charge is 0.323 e. The van der Waals surface area contributed by atoms with Gasteiger partial charge in [0.15, 0.2) is 0 Å². The average molecular weight is 384 g/mol. The van der Waals surface area contributed by atoms with Crippen LogP contribution in [0.15, 0.2) is 77.9 Å². The lowest BCUT2D eigenvalue weighted by Crippen LogP contribution is -2.26. The number of fused-ring (bicyclic) bond motifs is 1. The van der Waals surface area contributed by atoms with Crippen LogP contribution >= 0.6 is 0 Å². The highest BCUT2D eigenvalue weighted by molar-refractivity contribution is 5.61. The second kappa shape index (κ2) is 7.33. The highest BCUT2D eigenvalue weighted by Gasteiger charge is 2.31. The molecule has 0 bridgehead atoms. The minimum Gasteiger partial charge on any atom is -0.323 e. The number of H-pyrrole nitrogens is 1. The van der Waals surface area contributed by atoms with E-state index in [1.54, 1.807) is 6.20 Å². The summed E-state index contributed by atoms with van der Waals surface area (Å²) in [7, 11) is 0. The van der Waals surface area contributed by atoms with Crippen LogP contribution in [0.3, 0.4) is 0 Å². The lowest BCUT2D eigenvalue weighted by atomic mass is 10.0. The summed E-state index contributed by atoms with van der Waals surface area (Å²) in [5, 5.41) is 0. The predicted octanol–water partition coefficient (Wildman–Crippen LogP) is 4.07. The lowest BCUT2D eigenvalue weighted by molar-refractivity contribution is 0.258. The van der Waals surface area contributed by atoms with Gasteiger partial charge in [-0.2, -0.15) is 0 Å². The van der Waals surface area contributed by atoms with Gasteiger partial charge in [0, 0.05) is 42.5 Å². The number of likely N-dealkylation sites (tertiary alicyclic amines) is 1. The van der Waals surface area contributed by atoms with Gasteiger partial charge in [-0.15, -0.1) is 0 Å².